The Hall–Kier alpha value is -3.47. The average molecular weight is 332 g/mol. The second kappa shape index (κ2) is 6.97. The minimum atomic E-state index is -0.288. The van der Waals surface area contributed by atoms with Gasteiger partial charge in [-0.1, -0.05) is 18.2 Å². The van der Waals surface area contributed by atoms with Gasteiger partial charge < -0.3 is 22.1 Å². The van der Waals surface area contributed by atoms with Crippen LogP contribution < -0.4 is 22.1 Å². The van der Waals surface area contributed by atoms with Crippen LogP contribution in [0.5, 0.6) is 0 Å². The normalized spacial score (nSPS) is 10.3. The number of aryl methyl sites for hydroxylation is 1. The van der Waals surface area contributed by atoms with Gasteiger partial charge in [-0.25, -0.2) is 0 Å². The molecule has 0 spiro atoms. The number of nitrogen functional groups attached to an aromatic ring is 2. The number of carbonyl (C=O) groups is 1. The summed E-state index contributed by atoms with van der Waals surface area (Å²) in [5.41, 5.74) is 16.5. The van der Waals surface area contributed by atoms with Crippen molar-refractivity contribution in [1.82, 2.24) is 0 Å². The fourth-order valence-electron chi connectivity index (χ4n) is 2.51. The summed E-state index contributed by atoms with van der Waals surface area (Å²) in [6.45, 7) is 2.05. The predicted octanol–water partition coefficient (Wildman–Crippen LogP) is 4.16. The SMILES string of the molecule is Cc1cccc(Nc2ccc(NC(=O)c3cccc(N)c3N)cc2)c1. The minimum Gasteiger partial charge on any atom is -0.397 e. The molecule has 3 aromatic carbocycles. The Morgan fingerprint density at radius 3 is 2.24 bits per heavy atom. The topological polar surface area (TPSA) is 93.2 Å². The van der Waals surface area contributed by atoms with Gasteiger partial charge in [-0.15, -0.1) is 0 Å². The van der Waals surface area contributed by atoms with Gasteiger partial charge in [0.2, 0.25) is 0 Å². The van der Waals surface area contributed by atoms with Crippen LogP contribution in [0.2, 0.25) is 0 Å². The molecule has 1 amide bonds. The Bertz CT molecular complexity index is 904. The van der Waals surface area contributed by atoms with E-state index in [-0.39, 0.29) is 11.6 Å². The molecule has 126 valence electrons. The van der Waals surface area contributed by atoms with Gasteiger partial charge in [0.15, 0.2) is 0 Å². The van der Waals surface area contributed by atoms with Crippen LogP contribution in [-0.2, 0) is 0 Å². The highest BCUT2D eigenvalue weighted by Gasteiger charge is 2.11. The van der Waals surface area contributed by atoms with Gasteiger partial charge in [0.1, 0.15) is 0 Å². The van der Waals surface area contributed by atoms with Gasteiger partial charge in [-0.2, -0.15) is 0 Å². The Morgan fingerprint density at radius 1 is 0.840 bits per heavy atom. The van der Waals surface area contributed by atoms with Crippen molar-refractivity contribution in [2.24, 2.45) is 0 Å². The smallest absolute Gasteiger partial charge is 0.257 e. The number of anilines is 5. The molecule has 0 saturated carbocycles. The lowest BCUT2D eigenvalue weighted by atomic mass is 10.1. The van der Waals surface area contributed by atoms with E-state index in [1.165, 1.54) is 5.56 Å². The average Bonchev–Trinajstić information content (AvgIpc) is 2.59. The van der Waals surface area contributed by atoms with Gasteiger partial charge in [0, 0.05) is 17.1 Å². The first-order valence-corrected chi connectivity index (χ1v) is 7.92. The van der Waals surface area contributed by atoms with E-state index in [0.717, 1.165) is 11.4 Å². The van der Waals surface area contributed by atoms with Crippen molar-refractivity contribution in [3.05, 3.63) is 77.9 Å². The lowest BCUT2D eigenvalue weighted by Crippen LogP contribution is -2.14. The molecule has 0 aliphatic heterocycles. The van der Waals surface area contributed by atoms with Crippen molar-refractivity contribution in [2.45, 2.75) is 6.92 Å². The van der Waals surface area contributed by atoms with Crippen molar-refractivity contribution in [3.8, 4) is 0 Å². The number of hydrogen-bond acceptors (Lipinski definition) is 4. The highest BCUT2D eigenvalue weighted by atomic mass is 16.1. The first-order chi connectivity index (χ1) is 12.0. The summed E-state index contributed by atoms with van der Waals surface area (Å²) in [7, 11) is 0. The maximum absolute atomic E-state index is 12.3. The summed E-state index contributed by atoms with van der Waals surface area (Å²) >= 11 is 0. The summed E-state index contributed by atoms with van der Waals surface area (Å²) in [4.78, 5) is 12.3. The number of nitrogens with two attached hydrogens (primary N) is 2. The van der Waals surface area contributed by atoms with Gasteiger partial charge in [0.25, 0.3) is 5.91 Å². The summed E-state index contributed by atoms with van der Waals surface area (Å²) in [6.07, 6.45) is 0. The van der Waals surface area contributed by atoms with Crippen molar-refractivity contribution in [2.75, 3.05) is 22.1 Å². The molecule has 0 unspecified atom stereocenters. The van der Waals surface area contributed by atoms with Crippen LogP contribution in [0, 0.1) is 6.92 Å². The maximum atomic E-state index is 12.3. The van der Waals surface area contributed by atoms with Crippen molar-refractivity contribution >= 4 is 34.3 Å². The molecule has 0 saturated heterocycles. The Labute approximate surface area is 146 Å². The molecular formula is C20H20N4O. The van der Waals surface area contributed by atoms with Gasteiger partial charge >= 0.3 is 0 Å². The molecule has 0 fully saturated rings. The standard InChI is InChI=1S/C20H20N4O/c1-13-4-2-5-16(12-13)23-14-8-10-15(11-9-14)24-20(25)17-6-3-7-18(21)19(17)22/h2-12,23H,21-22H2,1H3,(H,24,25). The summed E-state index contributed by atoms with van der Waals surface area (Å²) in [6, 6.07) is 20.6. The van der Waals surface area contributed by atoms with E-state index in [9.17, 15) is 4.79 Å². The van der Waals surface area contributed by atoms with Crippen molar-refractivity contribution in [3.63, 3.8) is 0 Å². The second-order valence-corrected chi connectivity index (χ2v) is 5.83. The number of amides is 1. The Balaban J connectivity index is 1.70. The molecule has 3 aromatic rings. The third kappa shape index (κ3) is 3.90. The highest BCUT2D eigenvalue weighted by Crippen LogP contribution is 2.22. The summed E-state index contributed by atoms with van der Waals surface area (Å²) in [5.74, 6) is -0.288. The lowest BCUT2D eigenvalue weighted by Gasteiger charge is -2.11. The first kappa shape index (κ1) is 16.4. The van der Waals surface area contributed by atoms with E-state index < -0.39 is 0 Å². The van der Waals surface area contributed by atoms with Crippen LogP contribution in [0.4, 0.5) is 28.4 Å². The molecule has 0 aromatic heterocycles. The largest absolute Gasteiger partial charge is 0.397 e. The molecule has 3 rings (SSSR count). The van der Waals surface area contributed by atoms with Crippen molar-refractivity contribution < 1.29 is 4.79 Å². The third-order valence-electron chi connectivity index (χ3n) is 3.83. The molecule has 0 radical (unpaired) electrons. The van der Waals surface area contributed by atoms with Crippen molar-refractivity contribution in [1.29, 1.82) is 0 Å². The third-order valence-corrected chi connectivity index (χ3v) is 3.83. The zero-order valence-corrected chi connectivity index (χ0v) is 13.9. The molecule has 25 heavy (non-hydrogen) atoms. The van der Waals surface area contributed by atoms with E-state index in [4.69, 9.17) is 11.5 Å². The Kier molecular flexibility index (Phi) is 4.57. The zero-order valence-electron chi connectivity index (χ0n) is 13.9. The number of rotatable bonds is 4. The minimum absolute atomic E-state index is 0.288. The van der Waals surface area contributed by atoms with Gasteiger partial charge in [-0.05, 0) is 61.0 Å². The molecule has 5 nitrogen and oxygen atoms in total. The molecule has 0 aliphatic rings. The molecule has 6 N–H and O–H groups in total. The fourth-order valence-corrected chi connectivity index (χ4v) is 2.51. The second-order valence-electron chi connectivity index (χ2n) is 5.83. The van der Waals surface area contributed by atoms with Crippen LogP contribution in [0.25, 0.3) is 0 Å². The van der Waals surface area contributed by atoms with Gasteiger partial charge in [-0.3, -0.25) is 4.79 Å². The van der Waals surface area contributed by atoms with E-state index in [2.05, 4.69) is 16.7 Å². The van der Waals surface area contributed by atoms with Crippen LogP contribution in [-0.4, -0.2) is 5.91 Å². The molecular weight excluding hydrogens is 312 g/mol. The van der Waals surface area contributed by atoms with Crippen LogP contribution >= 0.6 is 0 Å². The monoisotopic (exact) mass is 332 g/mol. The number of para-hydroxylation sites is 1. The predicted molar refractivity (Wildman–Crippen MR) is 104 cm³/mol. The first-order valence-electron chi connectivity index (χ1n) is 7.92. The molecule has 0 atom stereocenters. The van der Waals surface area contributed by atoms with Gasteiger partial charge in [0.05, 0.1) is 16.9 Å². The fraction of sp³-hybridized carbons (Fsp3) is 0.0500. The molecule has 0 aliphatic carbocycles. The summed E-state index contributed by atoms with van der Waals surface area (Å²) < 4.78 is 0. The summed E-state index contributed by atoms with van der Waals surface area (Å²) in [5, 5.41) is 6.15. The number of hydrogen-bond donors (Lipinski definition) is 4. The maximum Gasteiger partial charge on any atom is 0.257 e. The van der Waals surface area contributed by atoms with Crippen LogP contribution in [0.1, 0.15) is 15.9 Å². The van der Waals surface area contributed by atoms with E-state index in [1.807, 2.05) is 49.4 Å². The van der Waals surface area contributed by atoms with E-state index in [1.54, 1.807) is 18.2 Å². The zero-order chi connectivity index (χ0) is 17.8. The molecule has 0 heterocycles. The van der Waals surface area contributed by atoms with E-state index in [0.29, 0.717) is 16.9 Å². The number of carbonyl (C=O) groups excluding carboxylic acids is 1. The van der Waals surface area contributed by atoms with Crippen LogP contribution in [0.15, 0.2) is 66.7 Å². The van der Waals surface area contributed by atoms with E-state index >= 15 is 0 Å². The highest BCUT2D eigenvalue weighted by molar-refractivity contribution is 6.09. The molecule has 5 heteroatoms. The van der Waals surface area contributed by atoms with Crippen LogP contribution in [0.3, 0.4) is 0 Å². The number of nitrogens with one attached hydrogen (secondary N) is 2. The molecule has 0 bridgehead atoms. The number of benzene rings is 3. The Morgan fingerprint density at radius 2 is 1.52 bits per heavy atom. The quantitative estimate of drug-likeness (QED) is 0.540. The lowest BCUT2D eigenvalue weighted by molar-refractivity contribution is 0.102.